The number of aliphatic carboxylic acids is 1. The molecule has 3 rings (SSSR count). The molecule has 25 heavy (non-hydrogen) atoms. The van der Waals surface area contributed by atoms with Crippen LogP contribution in [0, 0.1) is 5.92 Å². The van der Waals surface area contributed by atoms with Gasteiger partial charge in [0.1, 0.15) is 0 Å². The Kier molecular flexibility index (Phi) is 4.69. The highest BCUT2D eigenvalue weighted by Crippen LogP contribution is 2.25. The fourth-order valence-electron chi connectivity index (χ4n) is 3.31. The summed E-state index contributed by atoms with van der Waals surface area (Å²) in [5.74, 6) is -1.47. The zero-order valence-electron chi connectivity index (χ0n) is 13.5. The molecule has 1 aromatic heterocycles. The number of hydrogen-bond donors (Lipinski definition) is 3. The van der Waals surface area contributed by atoms with Crippen LogP contribution in [0.15, 0.2) is 33.9 Å². The number of H-pyrrole nitrogens is 1. The highest BCUT2D eigenvalue weighted by atomic mass is 16.4. The van der Waals surface area contributed by atoms with Crippen molar-refractivity contribution in [1.29, 1.82) is 0 Å². The number of aromatic amines is 1. The molecule has 0 aliphatic heterocycles. The number of nitrogens with one attached hydrogen (secondary N) is 2. The van der Waals surface area contributed by atoms with Crippen molar-refractivity contribution in [3.05, 3.63) is 45.1 Å². The van der Waals surface area contributed by atoms with Crippen molar-refractivity contribution in [2.24, 2.45) is 5.92 Å². The van der Waals surface area contributed by atoms with E-state index in [1.165, 1.54) is 4.57 Å². The van der Waals surface area contributed by atoms with E-state index < -0.39 is 23.1 Å². The molecule has 1 amide bonds. The van der Waals surface area contributed by atoms with Crippen LogP contribution in [-0.4, -0.2) is 32.6 Å². The highest BCUT2D eigenvalue weighted by molar-refractivity contribution is 5.79. The average molecular weight is 345 g/mol. The Morgan fingerprint density at radius 3 is 2.72 bits per heavy atom. The van der Waals surface area contributed by atoms with Crippen molar-refractivity contribution in [1.82, 2.24) is 14.9 Å². The van der Waals surface area contributed by atoms with Gasteiger partial charge in [-0.2, -0.15) is 0 Å². The number of carbonyl (C=O) groups excluding carboxylic acids is 1. The maximum absolute atomic E-state index is 12.1. The number of aryl methyl sites for hydroxylation is 1. The first-order valence-corrected chi connectivity index (χ1v) is 8.19. The van der Waals surface area contributed by atoms with E-state index >= 15 is 0 Å². The van der Waals surface area contributed by atoms with Crippen LogP contribution in [0.1, 0.15) is 25.7 Å². The Morgan fingerprint density at radius 1 is 1.24 bits per heavy atom. The average Bonchev–Trinajstić information content (AvgIpc) is 3.03. The van der Waals surface area contributed by atoms with E-state index in [-0.39, 0.29) is 24.9 Å². The predicted molar refractivity (Wildman–Crippen MR) is 90.4 cm³/mol. The lowest BCUT2D eigenvalue weighted by Crippen LogP contribution is -2.36. The monoisotopic (exact) mass is 345 g/mol. The van der Waals surface area contributed by atoms with Crippen LogP contribution in [0.25, 0.3) is 10.9 Å². The van der Waals surface area contributed by atoms with Gasteiger partial charge in [0, 0.05) is 19.0 Å². The van der Waals surface area contributed by atoms with Crippen LogP contribution in [0.3, 0.4) is 0 Å². The van der Waals surface area contributed by atoms with Gasteiger partial charge in [-0.3, -0.25) is 23.9 Å². The van der Waals surface area contributed by atoms with Gasteiger partial charge in [0.15, 0.2) is 0 Å². The van der Waals surface area contributed by atoms with Crippen LogP contribution in [0.4, 0.5) is 0 Å². The number of fused-ring (bicyclic) bond motifs is 1. The normalized spacial score (nSPS) is 19.8. The van der Waals surface area contributed by atoms with Crippen molar-refractivity contribution >= 4 is 22.8 Å². The minimum Gasteiger partial charge on any atom is -0.481 e. The molecule has 1 aromatic carbocycles. The summed E-state index contributed by atoms with van der Waals surface area (Å²) in [7, 11) is 0. The standard InChI is InChI=1S/C17H19N3O5/c21-14(18-11-6-5-10(9-11)16(23)24)7-8-20-13-4-2-1-3-12(13)15(22)19-17(20)25/h1-4,10-11H,5-9H2,(H,18,21)(H,23,24)(H,19,22,25)/t10-,11+/m1/s1. The second-order valence-corrected chi connectivity index (χ2v) is 6.29. The zero-order valence-corrected chi connectivity index (χ0v) is 13.5. The van der Waals surface area contributed by atoms with Gasteiger partial charge in [-0.1, -0.05) is 12.1 Å². The molecule has 8 heteroatoms. The number of aromatic nitrogens is 2. The number of carboxylic acids is 1. The molecular weight excluding hydrogens is 326 g/mol. The third-order valence-corrected chi connectivity index (χ3v) is 4.61. The number of para-hydroxylation sites is 1. The molecule has 1 heterocycles. The van der Waals surface area contributed by atoms with Crippen molar-refractivity contribution in [3.8, 4) is 0 Å². The number of carboxylic acid groups (broad SMARTS) is 1. The van der Waals surface area contributed by atoms with Gasteiger partial charge >= 0.3 is 11.7 Å². The van der Waals surface area contributed by atoms with Crippen LogP contribution >= 0.6 is 0 Å². The topological polar surface area (TPSA) is 121 Å². The molecule has 0 bridgehead atoms. The van der Waals surface area contributed by atoms with Gasteiger partial charge < -0.3 is 10.4 Å². The van der Waals surface area contributed by atoms with E-state index in [9.17, 15) is 19.2 Å². The summed E-state index contributed by atoms with van der Waals surface area (Å²) in [6.45, 7) is 0.136. The Hall–Kier alpha value is -2.90. The molecule has 1 saturated carbocycles. The molecule has 2 aromatic rings. The highest BCUT2D eigenvalue weighted by Gasteiger charge is 2.30. The molecule has 8 nitrogen and oxygen atoms in total. The summed E-state index contributed by atoms with van der Waals surface area (Å²) in [6, 6.07) is 6.57. The van der Waals surface area contributed by atoms with Crippen LogP contribution < -0.4 is 16.6 Å². The van der Waals surface area contributed by atoms with Crippen molar-refractivity contribution in [3.63, 3.8) is 0 Å². The van der Waals surface area contributed by atoms with Crippen LogP contribution in [-0.2, 0) is 16.1 Å². The van der Waals surface area contributed by atoms with E-state index in [1.807, 2.05) is 0 Å². The van der Waals surface area contributed by atoms with Gasteiger partial charge in [-0.15, -0.1) is 0 Å². The number of benzene rings is 1. The maximum atomic E-state index is 12.1. The molecule has 0 radical (unpaired) electrons. The second kappa shape index (κ2) is 6.92. The van der Waals surface area contributed by atoms with Gasteiger partial charge in [0.25, 0.3) is 5.56 Å². The first-order valence-electron chi connectivity index (χ1n) is 8.19. The summed E-state index contributed by atoms with van der Waals surface area (Å²) in [5, 5.41) is 12.2. The van der Waals surface area contributed by atoms with Crippen LogP contribution in [0.2, 0.25) is 0 Å². The van der Waals surface area contributed by atoms with Crippen LogP contribution in [0.5, 0.6) is 0 Å². The Labute approximate surface area is 142 Å². The second-order valence-electron chi connectivity index (χ2n) is 6.29. The maximum Gasteiger partial charge on any atom is 0.328 e. The quantitative estimate of drug-likeness (QED) is 0.726. The lowest BCUT2D eigenvalue weighted by Gasteiger charge is -2.13. The minimum absolute atomic E-state index is 0.0736. The summed E-state index contributed by atoms with van der Waals surface area (Å²) in [5.41, 5.74) is -0.522. The fourth-order valence-corrected chi connectivity index (χ4v) is 3.31. The fraction of sp³-hybridized carbons (Fsp3) is 0.412. The molecule has 132 valence electrons. The van der Waals surface area contributed by atoms with Gasteiger partial charge in [-0.25, -0.2) is 4.79 Å². The Bertz CT molecular complexity index is 930. The van der Waals surface area contributed by atoms with E-state index in [1.54, 1.807) is 24.3 Å². The minimum atomic E-state index is -0.831. The first kappa shape index (κ1) is 16.9. The molecular formula is C17H19N3O5. The summed E-state index contributed by atoms with van der Waals surface area (Å²) >= 11 is 0. The Balaban J connectivity index is 1.67. The van der Waals surface area contributed by atoms with Gasteiger partial charge in [-0.05, 0) is 31.4 Å². The number of nitrogens with zero attached hydrogens (tertiary/aromatic N) is 1. The number of hydrogen-bond acceptors (Lipinski definition) is 4. The SMILES string of the molecule is O=C(CCn1c(=O)[nH]c(=O)c2ccccc21)N[C@H]1CC[C@@H](C(=O)O)C1. The molecule has 1 aliphatic carbocycles. The summed E-state index contributed by atoms with van der Waals surface area (Å²) in [4.78, 5) is 49.2. The lowest BCUT2D eigenvalue weighted by molar-refractivity contribution is -0.141. The van der Waals surface area contributed by atoms with Crippen molar-refractivity contribution in [2.45, 2.75) is 38.3 Å². The molecule has 0 unspecified atom stereocenters. The third-order valence-electron chi connectivity index (χ3n) is 4.61. The molecule has 0 saturated heterocycles. The number of rotatable bonds is 5. The van der Waals surface area contributed by atoms with Crippen molar-refractivity contribution in [2.75, 3.05) is 0 Å². The van der Waals surface area contributed by atoms with Crippen molar-refractivity contribution < 1.29 is 14.7 Å². The Morgan fingerprint density at radius 2 is 2.00 bits per heavy atom. The third kappa shape index (κ3) is 3.62. The molecule has 0 spiro atoms. The largest absolute Gasteiger partial charge is 0.481 e. The van der Waals surface area contributed by atoms with E-state index in [0.717, 1.165) is 0 Å². The van der Waals surface area contributed by atoms with Gasteiger partial charge in [0.2, 0.25) is 5.91 Å². The number of amides is 1. The molecule has 2 atom stereocenters. The van der Waals surface area contributed by atoms with E-state index in [0.29, 0.717) is 30.2 Å². The zero-order chi connectivity index (χ0) is 18.0. The summed E-state index contributed by atoms with van der Waals surface area (Å²) < 4.78 is 1.37. The first-order chi connectivity index (χ1) is 12.0. The lowest BCUT2D eigenvalue weighted by atomic mass is 10.1. The predicted octanol–water partition coefficient (Wildman–Crippen LogP) is 0.449. The number of carbonyl (C=O) groups is 2. The summed E-state index contributed by atoms with van der Waals surface area (Å²) in [6.07, 6.45) is 1.71. The van der Waals surface area contributed by atoms with E-state index in [2.05, 4.69) is 10.3 Å². The van der Waals surface area contributed by atoms with Gasteiger partial charge in [0.05, 0.1) is 16.8 Å². The smallest absolute Gasteiger partial charge is 0.328 e. The molecule has 1 fully saturated rings. The van der Waals surface area contributed by atoms with E-state index in [4.69, 9.17) is 5.11 Å². The molecule has 3 N–H and O–H groups in total. The molecule has 1 aliphatic rings.